The molecule has 0 spiro atoms. The minimum Gasteiger partial charge on any atom is -0.323 e. The Bertz CT molecular complexity index is 384. The van der Waals surface area contributed by atoms with Crippen molar-refractivity contribution >= 4 is 18.0 Å². The van der Waals surface area contributed by atoms with E-state index in [4.69, 9.17) is 0 Å². The molecule has 2 saturated heterocycles. The minimum absolute atomic E-state index is 0.318. The summed E-state index contributed by atoms with van der Waals surface area (Å²) in [5.41, 5.74) is 0. The molecule has 2 aliphatic rings. The molecule has 0 aliphatic carbocycles. The molecule has 0 aromatic carbocycles. The zero-order valence-corrected chi connectivity index (χ0v) is 10.6. The van der Waals surface area contributed by atoms with Gasteiger partial charge in [0.2, 0.25) is 0 Å². The van der Waals surface area contributed by atoms with Gasteiger partial charge in [0.25, 0.3) is 5.91 Å². The number of hydrogen-bond acceptors (Lipinski definition) is 3. The van der Waals surface area contributed by atoms with Gasteiger partial charge >= 0.3 is 12.1 Å². The zero-order valence-electron chi connectivity index (χ0n) is 10.6. The summed E-state index contributed by atoms with van der Waals surface area (Å²) in [6.07, 6.45) is 1.12. The van der Waals surface area contributed by atoms with Crippen LogP contribution in [0.2, 0.25) is 0 Å². The Labute approximate surface area is 105 Å². The maximum Gasteiger partial charge on any atom is 0.328 e. The van der Waals surface area contributed by atoms with E-state index in [1.807, 2.05) is 13.8 Å². The molecule has 18 heavy (non-hydrogen) atoms. The van der Waals surface area contributed by atoms with Gasteiger partial charge in [-0.2, -0.15) is 0 Å². The highest BCUT2D eigenvalue weighted by molar-refractivity contribution is 6.03. The predicted octanol–water partition coefficient (Wildman–Crippen LogP) is 0.0781. The van der Waals surface area contributed by atoms with Crippen LogP contribution in [0, 0.1) is 0 Å². The summed E-state index contributed by atoms with van der Waals surface area (Å²) in [5.74, 6) is -0.318. The fraction of sp³-hybridized carbons (Fsp3) is 0.727. The summed E-state index contributed by atoms with van der Waals surface area (Å²) in [4.78, 5) is 38.4. The van der Waals surface area contributed by atoms with Crippen LogP contribution in [0.5, 0.6) is 0 Å². The third kappa shape index (κ3) is 1.89. The fourth-order valence-electron chi connectivity index (χ4n) is 2.32. The first-order valence-electron chi connectivity index (χ1n) is 6.29. The molecule has 0 aromatic heterocycles. The normalized spacial score (nSPS) is 27.1. The number of fused-ring (bicyclic) bond motifs is 1. The quantitative estimate of drug-likeness (QED) is 0.745. The van der Waals surface area contributed by atoms with Gasteiger partial charge in [0.15, 0.2) is 0 Å². The lowest BCUT2D eigenvalue weighted by Crippen LogP contribution is -2.66. The largest absolute Gasteiger partial charge is 0.328 e. The van der Waals surface area contributed by atoms with Crippen LogP contribution in [0.25, 0.3) is 0 Å². The van der Waals surface area contributed by atoms with Gasteiger partial charge in [-0.1, -0.05) is 13.3 Å². The van der Waals surface area contributed by atoms with Crippen LogP contribution in [0.15, 0.2) is 0 Å². The van der Waals surface area contributed by atoms with Gasteiger partial charge in [-0.25, -0.2) is 9.59 Å². The lowest BCUT2D eigenvalue weighted by atomic mass is 10.1. The maximum absolute atomic E-state index is 12.2. The van der Waals surface area contributed by atoms with Crippen LogP contribution in [0.3, 0.4) is 0 Å². The summed E-state index contributed by atoms with van der Waals surface area (Å²) < 4.78 is 0. The molecule has 0 aromatic rings. The zero-order chi connectivity index (χ0) is 13.3. The Morgan fingerprint density at radius 3 is 2.50 bits per heavy atom. The number of nitrogens with one attached hydrogen (secondary N) is 2. The van der Waals surface area contributed by atoms with E-state index in [1.165, 1.54) is 9.80 Å². The van der Waals surface area contributed by atoms with Crippen molar-refractivity contribution in [3.05, 3.63) is 0 Å². The average Bonchev–Trinajstić information content (AvgIpc) is 2.72. The summed E-state index contributed by atoms with van der Waals surface area (Å²) >= 11 is 0. The molecule has 0 saturated carbocycles. The second-order valence-electron chi connectivity index (χ2n) is 4.45. The van der Waals surface area contributed by atoms with Gasteiger partial charge in [-0.15, -0.1) is 0 Å². The van der Waals surface area contributed by atoms with Crippen LogP contribution in [0.1, 0.15) is 26.7 Å². The van der Waals surface area contributed by atoms with Gasteiger partial charge in [-0.05, 0) is 13.3 Å². The Kier molecular flexibility index (Phi) is 3.40. The first kappa shape index (κ1) is 12.7. The molecule has 0 radical (unpaired) electrons. The minimum atomic E-state index is -0.660. The van der Waals surface area contributed by atoms with Gasteiger partial charge in [-0.3, -0.25) is 9.69 Å². The highest BCUT2D eigenvalue weighted by Gasteiger charge is 2.50. The number of urea groups is 2. The van der Waals surface area contributed by atoms with Crippen LogP contribution >= 0.6 is 0 Å². The number of carbonyl (C=O) groups is 3. The van der Waals surface area contributed by atoms with E-state index in [0.717, 1.165) is 12.8 Å². The van der Waals surface area contributed by atoms with Crippen LogP contribution in [0.4, 0.5) is 9.59 Å². The monoisotopic (exact) mass is 254 g/mol. The molecular weight excluding hydrogens is 236 g/mol. The van der Waals surface area contributed by atoms with Crippen LogP contribution < -0.4 is 10.6 Å². The standard InChI is InChI=1S/C11H18N4O3/c1-3-5-6-15-9(16)7-8(13-10(17)12-7)14(4-2)11(15)18/h7-8H,3-6H2,1-2H3,(H2,12,13,17)/t7-,8+/m1/s1. The lowest BCUT2D eigenvalue weighted by molar-refractivity contribution is -0.134. The van der Waals surface area contributed by atoms with Crippen LogP contribution in [-0.4, -0.2) is 53.1 Å². The van der Waals surface area contributed by atoms with E-state index < -0.39 is 18.2 Å². The van der Waals surface area contributed by atoms with Crippen molar-refractivity contribution in [2.75, 3.05) is 13.1 Å². The molecule has 2 fully saturated rings. The van der Waals surface area contributed by atoms with E-state index >= 15 is 0 Å². The number of carbonyl (C=O) groups excluding carboxylic acids is 3. The molecule has 2 aliphatic heterocycles. The fourth-order valence-corrected chi connectivity index (χ4v) is 2.32. The summed E-state index contributed by atoms with van der Waals surface area (Å²) in [6.45, 7) is 4.69. The van der Waals surface area contributed by atoms with Crippen molar-refractivity contribution < 1.29 is 14.4 Å². The van der Waals surface area contributed by atoms with E-state index in [2.05, 4.69) is 10.6 Å². The molecule has 0 unspecified atom stereocenters. The molecule has 2 N–H and O–H groups in total. The molecule has 7 nitrogen and oxygen atoms in total. The molecule has 100 valence electrons. The summed E-state index contributed by atoms with van der Waals surface area (Å²) in [6, 6.07) is -1.38. The molecule has 0 bridgehead atoms. The Morgan fingerprint density at radius 1 is 1.17 bits per heavy atom. The van der Waals surface area contributed by atoms with Gasteiger partial charge in [0.05, 0.1) is 0 Å². The van der Waals surface area contributed by atoms with Crippen molar-refractivity contribution in [1.29, 1.82) is 0 Å². The average molecular weight is 254 g/mol. The van der Waals surface area contributed by atoms with Crippen molar-refractivity contribution in [1.82, 2.24) is 20.4 Å². The van der Waals surface area contributed by atoms with Crippen LogP contribution in [-0.2, 0) is 4.79 Å². The van der Waals surface area contributed by atoms with Crippen molar-refractivity contribution in [2.45, 2.75) is 38.9 Å². The second-order valence-corrected chi connectivity index (χ2v) is 4.45. The second kappa shape index (κ2) is 4.83. The number of rotatable bonds is 4. The first-order valence-corrected chi connectivity index (χ1v) is 6.29. The molecular formula is C11H18N4O3. The molecule has 2 rings (SSSR count). The SMILES string of the molecule is CCCCN1C(=O)[C@@H]2NC(=O)N[C@H]2N(CC)C1=O. The van der Waals surface area contributed by atoms with E-state index in [-0.39, 0.29) is 11.9 Å². The highest BCUT2D eigenvalue weighted by Crippen LogP contribution is 2.19. The third-order valence-corrected chi connectivity index (χ3v) is 3.30. The van der Waals surface area contributed by atoms with E-state index in [9.17, 15) is 14.4 Å². The smallest absolute Gasteiger partial charge is 0.323 e. The number of amides is 5. The van der Waals surface area contributed by atoms with Crippen molar-refractivity contribution in [3.8, 4) is 0 Å². The van der Waals surface area contributed by atoms with Gasteiger partial charge in [0.1, 0.15) is 12.2 Å². The highest BCUT2D eigenvalue weighted by atomic mass is 16.2. The predicted molar refractivity (Wildman–Crippen MR) is 63.6 cm³/mol. The van der Waals surface area contributed by atoms with Crippen molar-refractivity contribution in [3.63, 3.8) is 0 Å². The molecule has 2 atom stereocenters. The van der Waals surface area contributed by atoms with Gasteiger partial charge in [0, 0.05) is 13.1 Å². The van der Waals surface area contributed by atoms with E-state index in [0.29, 0.717) is 13.1 Å². The number of imide groups is 1. The third-order valence-electron chi connectivity index (χ3n) is 3.30. The molecule has 2 heterocycles. The van der Waals surface area contributed by atoms with Crippen molar-refractivity contribution in [2.24, 2.45) is 0 Å². The number of hydrogen-bond donors (Lipinski definition) is 2. The number of nitrogens with zero attached hydrogens (tertiary/aromatic N) is 2. The molecule has 7 heteroatoms. The number of unbranched alkanes of at least 4 members (excludes halogenated alkanes) is 1. The Hall–Kier alpha value is -1.79. The first-order chi connectivity index (χ1) is 8.60. The Morgan fingerprint density at radius 2 is 1.89 bits per heavy atom. The summed E-state index contributed by atoms with van der Waals surface area (Å²) in [5, 5.41) is 5.16. The lowest BCUT2D eigenvalue weighted by Gasteiger charge is -2.40. The maximum atomic E-state index is 12.2. The Balaban J connectivity index is 2.22. The number of likely N-dealkylation sites (N-methyl/N-ethyl adjacent to an activating group) is 1. The van der Waals surface area contributed by atoms with Gasteiger partial charge < -0.3 is 15.5 Å². The summed E-state index contributed by atoms with van der Waals surface area (Å²) in [7, 11) is 0. The molecule has 5 amide bonds. The van der Waals surface area contributed by atoms with E-state index in [1.54, 1.807) is 0 Å². The topological polar surface area (TPSA) is 81.8 Å².